The summed E-state index contributed by atoms with van der Waals surface area (Å²) in [5.74, 6) is 0.864. The van der Waals surface area contributed by atoms with Gasteiger partial charge in [0.2, 0.25) is 10.0 Å². The van der Waals surface area contributed by atoms with Crippen molar-refractivity contribution < 1.29 is 8.42 Å². The van der Waals surface area contributed by atoms with E-state index in [4.69, 9.17) is 0 Å². The Morgan fingerprint density at radius 2 is 1.72 bits per heavy atom. The van der Waals surface area contributed by atoms with Gasteiger partial charge in [-0.1, -0.05) is 31.2 Å². The minimum atomic E-state index is -3.11. The summed E-state index contributed by atoms with van der Waals surface area (Å²) in [6.45, 7) is 8.29. The summed E-state index contributed by atoms with van der Waals surface area (Å²) in [5, 5.41) is 6.45. The maximum absolute atomic E-state index is 11.4. The number of aryl methyl sites for hydroxylation is 1. The molecule has 1 rings (SSSR count). The molecule has 0 saturated carbocycles. The van der Waals surface area contributed by atoms with Gasteiger partial charge in [-0.05, 0) is 37.8 Å². The van der Waals surface area contributed by atoms with Crippen LogP contribution in [0, 0.1) is 0 Å². The van der Waals surface area contributed by atoms with Crippen LogP contribution in [0.25, 0.3) is 0 Å². The lowest BCUT2D eigenvalue weighted by atomic mass is 10.1. The fraction of sp³-hybridized carbons (Fsp3) is 0.588. The summed E-state index contributed by atoms with van der Waals surface area (Å²) in [7, 11) is -3.11. The largest absolute Gasteiger partial charge is 0.357 e. The molecule has 25 heavy (non-hydrogen) atoms. The van der Waals surface area contributed by atoms with Gasteiger partial charge < -0.3 is 10.6 Å². The summed E-state index contributed by atoms with van der Waals surface area (Å²) in [6.07, 6.45) is 1.70. The molecule has 0 radical (unpaired) electrons. The van der Waals surface area contributed by atoms with E-state index < -0.39 is 10.0 Å². The second kappa shape index (κ2) is 13.3. The van der Waals surface area contributed by atoms with E-state index in [2.05, 4.69) is 39.4 Å². The molecule has 144 valence electrons. The third-order valence-electron chi connectivity index (χ3n) is 3.60. The second-order valence-electron chi connectivity index (χ2n) is 5.40. The van der Waals surface area contributed by atoms with Crippen molar-refractivity contribution in [1.29, 1.82) is 0 Å². The van der Waals surface area contributed by atoms with E-state index in [1.165, 1.54) is 11.1 Å². The monoisotopic (exact) mass is 482 g/mol. The maximum Gasteiger partial charge on any atom is 0.211 e. The minimum absolute atomic E-state index is 0. The Kier molecular flexibility index (Phi) is 12.9. The predicted octanol–water partition coefficient (Wildman–Crippen LogP) is 2.25. The van der Waals surface area contributed by atoms with Gasteiger partial charge in [-0.15, -0.1) is 24.0 Å². The van der Waals surface area contributed by atoms with Crippen molar-refractivity contribution in [1.82, 2.24) is 15.4 Å². The highest BCUT2D eigenvalue weighted by molar-refractivity contribution is 14.0. The molecule has 0 aromatic heterocycles. The zero-order valence-corrected chi connectivity index (χ0v) is 18.5. The van der Waals surface area contributed by atoms with Crippen molar-refractivity contribution in [3.05, 3.63) is 35.4 Å². The molecule has 0 unspecified atom stereocenters. The highest BCUT2D eigenvalue weighted by atomic mass is 127. The Bertz CT molecular complexity index is 621. The Hall–Kier alpha value is -0.870. The van der Waals surface area contributed by atoms with Crippen LogP contribution in [0.5, 0.6) is 0 Å². The molecule has 0 aliphatic rings. The number of nitrogens with one attached hydrogen (secondary N) is 3. The number of guanidine groups is 1. The van der Waals surface area contributed by atoms with Crippen LogP contribution >= 0.6 is 24.0 Å². The quantitative estimate of drug-likeness (QED) is 0.207. The number of sulfonamides is 1. The molecule has 1 aromatic rings. The third-order valence-corrected chi connectivity index (χ3v) is 5.00. The molecule has 8 heteroatoms. The van der Waals surface area contributed by atoms with Crippen LogP contribution in [0.2, 0.25) is 0 Å². The average Bonchev–Trinajstić information content (AvgIpc) is 2.59. The molecule has 0 spiro atoms. The predicted molar refractivity (Wildman–Crippen MR) is 116 cm³/mol. The van der Waals surface area contributed by atoms with Gasteiger partial charge in [-0.25, -0.2) is 18.1 Å². The van der Waals surface area contributed by atoms with E-state index in [9.17, 15) is 8.42 Å². The standard InChI is InChI=1S/C17H30N4O2S.HI/c1-4-15-10-7-8-11-16(15)14-20-17(18-5-2)19-12-9-13-21-24(22,23)6-3;/h7-8,10-11,21H,4-6,9,12-14H2,1-3H3,(H2,18,19,20);1H. The van der Waals surface area contributed by atoms with Crippen LogP contribution in [0.4, 0.5) is 0 Å². The first-order valence-corrected chi connectivity index (χ1v) is 10.2. The summed E-state index contributed by atoms with van der Waals surface area (Å²) in [6, 6.07) is 8.31. The highest BCUT2D eigenvalue weighted by Crippen LogP contribution is 2.10. The van der Waals surface area contributed by atoms with Gasteiger partial charge >= 0.3 is 0 Å². The first-order valence-electron chi connectivity index (χ1n) is 8.58. The van der Waals surface area contributed by atoms with Gasteiger partial charge in [-0.2, -0.15) is 0 Å². The summed E-state index contributed by atoms with van der Waals surface area (Å²) >= 11 is 0. The lowest BCUT2D eigenvalue weighted by molar-refractivity contribution is 0.579. The Labute approximate surface area is 169 Å². The van der Waals surface area contributed by atoms with Crippen LogP contribution in [-0.4, -0.2) is 39.8 Å². The van der Waals surface area contributed by atoms with Crippen molar-refractivity contribution >= 4 is 40.0 Å². The fourth-order valence-corrected chi connectivity index (χ4v) is 2.85. The van der Waals surface area contributed by atoms with E-state index in [1.807, 2.05) is 19.1 Å². The average molecular weight is 482 g/mol. The number of benzene rings is 1. The molecule has 6 nitrogen and oxygen atoms in total. The Morgan fingerprint density at radius 3 is 2.32 bits per heavy atom. The molecule has 0 saturated heterocycles. The number of rotatable bonds is 10. The maximum atomic E-state index is 11.4. The van der Waals surface area contributed by atoms with Gasteiger partial charge in [0.25, 0.3) is 0 Å². The van der Waals surface area contributed by atoms with Crippen molar-refractivity contribution in [2.45, 2.75) is 40.2 Å². The van der Waals surface area contributed by atoms with E-state index in [0.717, 1.165) is 18.9 Å². The van der Waals surface area contributed by atoms with Crippen molar-refractivity contribution in [3.8, 4) is 0 Å². The Morgan fingerprint density at radius 1 is 1.04 bits per heavy atom. The molecule has 0 amide bonds. The van der Waals surface area contributed by atoms with Gasteiger partial charge in [0.1, 0.15) is 0 Å². The van der Waals surface area contributed by atoms with Gasteiger partial charge in [0.15, 0.2) is 5.96 Å². The van der Waals surface area contributed by atoms with E-state index >= 15 is 0 Å². The molecular formula is C17H31IN4O2S. The minimum Gasteiger partial charge on any atom is -0.357 e. The molecule has 0 aliphatic heterocycles. The second-order valence-corrected chi connectivity index (χ2v) is 7.49. The van der Waals surface area contributed by atoms with Gasteiger partial charge in [0, 0.05) is 19.6 Å². The fourth-order valence-electron chi connectivity index (χ4n) is 2.19. The molecule has 0 fully saturated rings. The van der Waals surface area contributed by atoms with Crippen LogP contribution in [0.1, 0.15) is 38.3 Å². The smallest absolute Gasteiger partial charge is 0.211 e. The van der Waals surface area contributed by atoms with E-state index in [-0.39, 0.29) is 29.7 Å². The molecule has 0 heterocycles. The van der Waals surface area contributed by atoms with Crippen LogP contribution in [0.15, 0.2) is 29.3 Å². The van der Waals surface area contributed by atoms with Crippen LogP contribution < -0.4 is 15.4 Å². The topological polar surface area (TPSA) is 82.6 Å². The molecule has 1 aromatic carbocycles. The first kappa shape index (κ1) is 24.1. The zero-order valence-electron chi connectivity index (χ0n) is 15.3. The summed E-state index contributed by atoms with van der Waals surface area (Å²) < 4.78 is 25.3. The van der Waals surface area contributed by atoms with Crippen LogP contribution in [0.3, 0.4) is 0 Å². The van der Waals surface area contributed by atoms with Crippen molar-refractivity contribution in [2.24, 2.45) is 4.99 Å². The van der Waals surface area contributed by atoms with Gasteiger partial charge in [0.05, 0.1) is 12.3 Å². The van der Waals surface area contributed by atoms with Crippen molar-refractivity contribution in [3.63, 3.8) is 0 Å². The van der Waals surface area contributed by atoms with Crippen LogP contribution in [-0.2, 0) is 23.0 Å². The number of hydrogen-bond acceptors (Lipinski definition) is 3. The van der Waals surface area contributed by atoms with E-state index in [1.54, 1.807) is 6.92 Å². The molecule has 0 atom stereocenters. The lowest BCUT2D eigenvalue weighted by Gasteiger charge is -2.12. The normalized spacial score (nSPS) is 11.7. The Balaban J connectivity index is 0.00000576. The van der Waals surface area contributed by atoms with Crippen molar-refractivity contribution in [2.75, 3.05) is 25.4 Å². The third kappa shape index (κ3) is 10.0. The SMILES string of the molecule is CCNC(=NCc1ccccc1CC)NCCCNS(=O)(=O)CC.I. The summed E-state index contributed by atoms with van der Waals surface area (Å²) in [4.78, 5) is 4.61. The molecular weight excluding hydrogens is 451 g/mol. The number of halogens is 1. The van der Waals surface area contributed by atoms with Gasteiger partial charge in [-0.3, -0.25) is 0 Å². The molecule has 0 bridgehead atoms. The lowest BCUT2D eigenvalue weighted by Crippen LogP contribution is -2.38. The number of aliphatic imine (C=N–C) groups is 1. The zero-order chi connectivity index (χ0) is 17.8. The van der Waals surface area contributed by atoms with E-state index in [0.29, 0.717) is 26.1 Å². The molecule has 0 aliphatic carbocycles. The first-order chi connectivity index (χ1) is 11.5. The highest BCUT2D eigenvalue weighted by Gasteiger charge is 2.05. The molecule has 3 N–H and O–H groups in total. The number of nitrogens with zero attached hydrogens (tertiary/aromatic N) is 1. The number of hydrogen-bond donors (Lipinski definition) is 3. The summed E-state index contributed by atoms with van der Waals surface area (Å²) in [5.41, 5.74) is 2.54.